The molecule has 0 amide bonds. The molecule has 0 unspecified atom stereocenters. The quantitative estimate of drug-likeness (QED) is 0.170. The van der Waals surface area contributed by atoms with Gasteiger partial charge in [0.15, 0.2) is 0 Å². The lowest BCUT2D eigenvalue weighted by Crippen LogP contribution is -2.00. The smallest absolute Gasteiger partial charge is 0.0895 e. The van der Waals surface area contributed by atoms with Crippen LogP contribution in [0.25, 0.3) is 48.6 Å². The summed E-state index contributed by atoms with van der Waals surface area (Å²) in [6.07, 6.45) is 21.2. The minimum absolute atomic E-state index is 0.556. The Morgan fingerprint density at radius 3 is 0.762 bits per heavy atom. The lowest BCUT2D eigenvalue weighted by Gasteiger charge is -2.07. The van der Waals surface area contributed by atoms with Gasteiger partial charge in [-0.2, -0.15) is 0 Å². The van der Waals surface area contributed by atoms with Crippen LogP contribution < -0.4 is 0 Å². The van der Waals surface area contributed by atoms with Crippen molar-refractivity contribution in [3.05, 3.63) is 139 Å². The summed E-state index contributed by atoms with van der Waals surface area (Å²) in [6.45, 7) is 0. The molecule has 5 rings (SSSR count). The van der Waals surface area contributed by atoms with E-state index in [0.717, 1.165) is 22.8 Å². The first-order valence-corrected chi connectivity index (χ1v) is 14.0. The lowest BCUT2D eigenvalue weighted by atomic mass is 10.1. The number of rotatable bonds is 8. The van der Waals surface area contributed by atoms with Crippen LogP contribution in [0.4, 0.5) is 0 Å². The third-order valence-corrected chi connectivity index (χ3v) is 6.55. The zero-order valence-corrected chi connectivity index (χ0v) is 24.8. The van der Waals surface area contributed by atoms with Crippen LogP contribution >= 0.6 is 46.4 Å². The van der Waals surface area contributed by atoms with Crippen molar-refractivity contribution in [1.29, 1.82) is 0 Å². The molecule has 0 saturated heterocycles. The van der Waals surface area contributed by atoms with Crippen molar-refractivity contribution in [1.82, 2.24) is 29.9 Å². The van der Waals surface area contributed by atoms with Crippen molar-refractivity contribution in [3.8, 4) is 0 Å². The van der Waals surface area contributed by atoms with Crippen LogP contribution in [-0.4, -0.2) is 29.9 Å². The number of halogens is 4. The summed E-state index contributed by atoms with van der Waals surface area (Å²) in [5.74, 6) is 0. The van der Waals surface area contributed by atoms with Gasteiger partial charge in [-0.1, -0.05) is 46.4 Å². The van der Waals surface area contributed by atoms with Gasteiger partial charge in [0.05, 0.1) is 65.6 Å². The van der Waals surface area contributed by atoms with Gasteiger partial charge in [-0.05, 0) is 97.1 Å². The average molecular weight is 630 g/mol. The van der Waals surface area contributed by atoms with Gasteiger partial charge in [-0.25, -0.2) is 9.97 Å². The Morgan fingerprint density at radius 1 is 0.333 bits per heavy atom. The summed E-state index contributed by atoms with van der Waals surface area (Å²) >= 11 is 24.0. The van der Waals surface area contributed by atoms with Crippen molar-refractivity contribution in [2.45, 2.75) is 0 Å². The maximum atomic E-state index is 6.01. The fraction of sp³-hybridized carbons (Fsp3) is 0. The zero-order chi connectivity index (χ0) is 29.3. The summed E-state index contributed by atoms with van der Waals surface area (Å²) < 4.78 is 0. The second kappa shape index (κ2) is 14.1. The van der Waals surface area contributed by atoms with Crippen molar-refractivity contribution in [3.63, 3.8) is 0 Å². The van der Waals surface area contributed by atoms with Gasteiger partial charge >= 0.3 is 0 Å². The van der Waals surface area contributed by atoms with Crippen LogP contribution in [0.15, 0.2) is 73.3 Å². The molecule has 206 valence electrons. The average Bonchev–Trinajstić information content (AvgIpc) is 3.00. The molecule has 6 nitrogen and oxygen atoms in total. The molecule has 0 atom stereocenters. The highest BCUT2D eigenvalue weighted by atomic mass is 35.5. The van der Waals surface area contributed by atoms with Crippen molar-refractivity contribution in [2.24, 2.45) is 0 Å². The molecule has 0 aliphatic heterocycles. The van der Waals surface area contributed by atoms with E-state index in [1.165, 1.54) is 0 Å². The zero-order valence-electron chi connectivity index (χ0n) is 21.7. The third kappa shape index (κ3) is 8.41. The van der Waals surface area contributed by atoms with Crippen LogP contribution in [0.1, 0.15) is 45.6 Å². The van der Waals surface area contributed by atoms with E-state index in [1.807, 2.05) is 72.9 Å². The molecule has 0 bridgehead atoms. The topological polar surface area (TPSA) is 77.3 Å². The number of hydrogen-bond donors (Lipinski definition) is 0. The second-order valence-electron chi connectivity index (χ2n) is 8.70. The predicted molar refractivity (Wildman–Crippen MR) is 175 cm³/mol. The summed E-state index contributed by atoms with van der Waals surface area (Å²) in [5.41, 5.74) is 5.33. The van der Waals surface area contributed by atoms with Crippen molar-refractivity contribution >= 4 is 95.0 Å². The molecule has 0 radical (unpaired) electrons. The Morgan fingerprint density at radius 2 is 0.571 bits per heavy atom. The van der Waals surface area contributed by atoms with Crippen LogP contribution in [0, 0.1) is 0 Å². The predicted octanol–water partition coefficient (Wildman–Crippen LogP) is 9.35. The highest BCUT2D eigenvalue weighted by molar-refractivity contribution is 6.31. The van der Waals surface area contributed by atoms with Gasteiger partial charge in [0.1, 0.15) is 0 Å². The summed E-state index contributed by atoms with van der Waals surface area (Å²) in [5, 5.41) is 2.22. The van der Waals surface area contributed by atoms with Gasteiger partial charge in [0, 0.05) is 24.8 Å². The molecule has 0 saturated carbocycles. The molecule has 0 aliphatic rings. The molecule has 42 heavy (non-hydrogen) atoms. The molecule has 0 aromatic carbocycles. The fourth-order valence-electron chi connectivity index (χ4n) is 3.58. The van der Waals surface area contributed by atoms with E-state index < -0.39 is 0 Å². The van der Waals surface area contributed by atoms with E-state index in [9.17, 15) is 0 Å². The van der Waals surface area contributed by atoms with Crippen LogP contribution in [0.5, 0.6) is 0 Å². The first kappa shape index (κ1) is 29.3. The molecule has 0 fully saturated rings. The Kier molecular flexibility index (Phi) is 9.85. The molecular formula is C32H20Cl4N6. The maximum Gasteiger partial charge on any atom is 0.0895 e. The van der Waals surface area contributed by atoms with E-state index in [4.69, 9.17) is 56.4 Å². The van der Waals surface area contributed by atoms with Crippen LogP contribution in [-0.2, 0) is 0 Å². The molecule has 5 aromatic heterocycles. The number of nitrogens with zero attached hydrogens (tertiary/aromatic N) is 6. The van der Waals surface area contributed by atoms with Crippen molar-refractivity contribution < 1.29 is 0 Å². The van der Waals surface area contributed by atoms with Gasteiger partial charge in [0.25, 0.3) is 0 Å². The highest BCUT2D eigenvalue weighted by Gasteiger charge is 2.09. The summed E-state index contributed by atoms with van der Waals surface area (Å²) in [7, 11) is 0. The Bertz CT molecular complexity index is 1520. The highest BCUT2D eigenvalue weighted by Crippen LogP contribution is 2.20. The molecule has 0 aliphatic carbocycles. The van der Waals surface area contributed by atoms with E-state index >= 15 is 0 Å². The van der Waals surface area contributed by atoms with Gasteiger partial charge in [-0.15, -0.1) is 0 Å². The first-order valence-electron chi connectivity index (χ1n) is 12.5. The maximum absolute atomic E-state index is 6.01. The SMILES string of the molecule is Clc1ccc(C=Cc2nc(C=Cc3ccc(Cl)cn3)c(C=Cc3ccc(Cl)cn3)nc2C=Cc2ccc(Cl)cn2)nc1. The molecule has 5 aromatic rings. The summed E-state index contributed by atoms with van der Waals surface area (Å²) in [6, 6.07) is 14.4. The van der Waals surface area contributed by atoms with Crippen LogP contribution in [0.3, 0.4) is 0 Å². The third-order valence-electron chi connectivity index (χ3n) is 5.66. The molecule has 0 spiro atoms. The number of hydrogen-bond acceptors (Lipinski definition) is 6. The largest absolute Gasteiger partial charge is 0.255 e. The molecular weight excluding hydrogens is 610 g/mol. The standard InChI is InChI=1S/C32H20Cl4N6/c33-21-1-5-25(37-17-21)9-13-29-30(14-10-26-6-2-22(34)18-38-26)42-32(16-12-28-8-4-24(36)20-40-28)31(41-29)15-11-27-7-3-23(35)19-39-27/h1-20H. The van der Waals surface area contributed by atoms with Gasteiger partial charge in [-0.3, -0.25) is 19.9 Å². The monoisotopic (exact) mass is 628 g/mol. The van der Waals surface area contributed by atoms with Gasteiger partial charge < -0.3 is 0 Å². The molecule has 0 N–H and O–H groups in total. The minimum atomic E-state index is 0.556. The fourth-order valence-corrected chi connectivity index (χ4v) is 4.03. The Balaban J connectivity index is 1.60. The van der Waals surface area contributed by atoms with E-state index in [1.54, 1.807) is 49.1 Å². The Hall–Kier alpha value is -4.20. The second-order valence-corrected chi connectivity index (χ2v) is 10.4. The lowest BCUT2D eigenvalue weighted by molar-refractivity contribution is 1.12. The normalized spacial score (nSPS) is 11.9. The Labute approximate surface area is 262 Å². The van der Waals surface area contributed by atoms with Crippen LogP contribution in [0.2, 0.25) is 20.1 Å². The number of aromatic nitrogens is 6. The van der Waals surface area contributed by atoms with E-state index in [-0.39, 0.29) is 0 Å². The van der Waals surface area contributed by atoms with E-state index in [0.29, 0.717) is 42.9 Å². The molecule has 5 heterocycles. The van der Waals surface area contributed by atoms with E-state index in [2.05, 4.69) is 19.9 Å². The summed E-state index contributed by atoms with van der Waals surface area (Å²) in [4.78, 5) is 27.3. The van der Waals surface area contributed by atoms with Gasteiger partial charge in [0.2, 0.25) is 0 Å². The first-order chi connectivity index (χ1) is 20.4. The van der Waals surface area contributed by atoms with Crippen molar-refractivity contribution in [2.75, 3.05) is 0 Å². The molecule has 10 heteroatoms. The number of pyridine rings is 4. The minimum Gasteiger partial charge on any atom is -0.255 e.